The van der Waals surface area contributed by atoms with Crippen LogP contribution in [0.25, 0.3) is 11.3 Å². The lowest BCUT2D eigenvalue weighted by atomic mass is 10.1. The van der Waals surface area contributed by atoms with Crippen molar-refractivity contribution in [1.29, 1.82) is 0 Å². The number of carbonyl (C=O) groups excluding carboxylic acids is 2. The number of carbonyl (C=O) groups is 2. The van der Waals surface area contributed by atoms with Crippen LogP contribution >= 0.6 is 23.2 Å². The Kier molecular flexibility index (Phi) is 6.87. The first-order valence-electron chi connectivity index (χ1n) is 8.75. The van der Waals surface area contributed by atoms with Crippen LogP contribution in [0.2, 0.25) is 10.3 Å². The molecule has 1 aromatic heterocycles. The van der Waals surface area contributed by atoms with Crippen LogP contribution in [0.3, 0.4) is 0 Å². The Morgan fingerprint density at radius 3 is 2.47 bits per heavy atom. The topological polar surface area (TPSA) is 87.5 Å². The molecule has 154 valence electrons. The third-order valence-corrected chi connectivity index (χ3v) is 4.68. The van der Waals surface area contributed by atoms with Gasteiger partial charge in [-0.1, -0.05) is 65.7 Å². The number of nitrogens with zero attached hydrogens (tertiary/aromatic N) is 2. The molecule has 30 heavy (non-hydrogen) atoms. The molecule has 3 aromatic rings. The van der Waals surface area contributed by atoms with Crippen LogP contribution in [0.4, 0.5) is 0 Å². The number of aromatic nitrogens is 2. The van der Waals surface area contributed by atoms with E-state index >= 15 is 0 Å². The zero-order chi connectivity index (χ0) is 21.7. The van der Waals surface area contributed by atoms with Crippen molar-refractivity contribution in [3.8, 4) is 11.3 Å². The van der Waals surface area contributed by atoms with Gasteiger partial charge in [0, 0.05) is 5.56 Å². The molecule has 0 aliphatic rings. The van der Waals surface area contributed by atoms with E-state index in [1.807, 2.05) is 30.3 Å². The highest BCUT2D eigenvalue weighted by molar-refractivity contribution is 6.33. The van der Waals surface area contributed by atoms with Crippen LogP contribution in [-0.4, -0.2) is 28.6 Å². The van der Waals surface area contributed by atoms with Gasteiger partial charge >= 0.3 is 11.9 Å². The van der Waals surface area contributed by atoms with E-state index in [9.17, 15) is 14.4 Å². The largest absolute Gasteiger partial charge is 0.465 e. The molecule has 0 spiro atoms. The maximum Gasteiger partial charge on any atom is 0.337 e. The lowest BCUT2D eigenvalue weighted by Crippen LogP contribution is -2.28. The fourth-order valence-corrected chi connectivity index (χ4v) is 3.29. The number of hydrogen-bond acceptors (Lipinski definition) is 6. The Labute approximate surface area is 181 Å². The molecule has 0 saturated heterocycles. The second-order valence-corrected chi connectivity index (χ2v) is 6.87. The lowest BCUT2D eigenvalue weighted by Gasteiger charge is -2.15. The molecule has 0 fully saturated rings. The average Bonchev–Trinajstić information content (AvgIpc) is 2.76. The van der Waals surface area contributed by atoms with Crippen molar-refractivity contribution >= 4 is 35.1 Å². The monoisotopic (exact) mass is 446 g/mol. The minimum atomic E-state index is -0.712. The molecule has 0 N–H and O–H groups in total. The molecule has 0 amide bonds. The molecule has 3 rings (SSSR count). The molecule has 7 nitrogen and oxygen atoms in total. The van der Waals surface area contributed by atoms with E-state index in [0.717, 1.165) is 10.1 Å². The molecule has 0 unspecified atom stereocenters. The molecular formula is C21H16Cl2N2O5. The van der Waals surface area contributed by atoms with Crippen molar-refractivity contribution < 1.29 is 19.1 Å². The minimum Gasteiger partial charge on any atom is -0.465 e. The van der Waals surface area contributed by atoms with Gasteiger partial charge in [-0.3, -0.25) is 14.2 Å². The summed E-state index contributed by atoms with van der Waals surface area (Å²) in [6.07, 6.45) is 0. The van der Waals surface area contributed by atoms with Gasteiger partial charge in [-0.15, -0.1) is 0 Å². The van der Waals surface area contributed by atoms with E-state index < -0.39 is 24.0 Å². The predicted molar refractivity (Wildman–Crippen MR) is 112 cm³/mol. The predicted octanol–water partition coefficient (Wildman–Crippen LogP) is 3.75. The van der Waals surface area contributed by atoms with Gasteiger partial charge < -0.3 is 9.47 Å². The molecule has 9 heteroatoms. The van der Waals surface area contributed by atoms with Gasteiger partial charge in [0.25, 0.3) is 5.56 Å². The molecule has 0 saturated carbocycles. The molecular weight excluding hydrogens is 431 g/mol. The quantitative estimate of drug-likeness (QED) is 0.535. The zero-order valence-corrected chi connectivity index (χ0v) is 17.3. The molecule has 2 aromatic carbocycles. The summed E-state index contributed by atoms with van der Waals surface area (Å²) in [7, 11) is 1.25. The molecule has 1 heterocycles. The second-order valence-electron chi connectivity index (χ2n) is 6.15. The van der Waals surface area contributed by atoms with E-state index in [4.69, 9.17) is 32.7 Å². The molecule has 0 atom stereocenters. The Balaban J connectivity index is 1.95. The van der Waals surface area contributed by atoms with E-state index in [1.54, 1.807) is 18.2 Å². The first-order chi connectivity index (χ1) is 14.4. The maximum atomic E-state index is 12.6. The highest BCUT2D eigenvalue weighted by Crippen LogP contribution is 2.27. The van der Waals surface area contributed by atoms with E-state index in [2.05, 4.69) is 4.98 Å². The first-order valence-corrected chi connectivity index (χ1v) is 9.50. The van der Waals surface area contributed by atoms with Crippen molar-refractivity contribution in [2.45, 2.75) is 13.2 Å². The fourth-order valence-electron chi connectivity index (χ4n) is 2.76. The third-order valence-electron chi connectivity index (χ3n) is 4.17. The fraction of sp³-hybridized carbons (Fsp3) is 0.143. The normalized spacial score (nSPS) is 10.5. The number of ether oxygens (including phenoxy) is 2. The summed E-state index contributed by atoms with van der Waals surface area (Å²) in [6, 6.07) is 15.3. The first kappa shape index (κ1) is 21.5. The van der Waals surface area contributed by atoms with Gasteiger partial charge in [-0.2, -0.15) is 0 Å². The lowest BCUT2D eigenvalue weighted by molar-refractivity contribution is -0.145. The molecule has 0 radical (unpaired) electrons. The highest BCUT2D eigenvalue weighted by atomic mass is 35.5. The smallest absolute Gasteiger partial charge is 0.337 e. The van der Waals surface area contributed by atoms with Gasteiger partial charge in [0.15, 0.2) is 10.3 Å². The van der Waals surface area contributed by atoms with E-state index in [0.29, 0.717) is 5.56 Å². The molecule has 0 bridgehead atoms. The summed E-state index contributed by atoms with van der Waals surface area (Å²) in [5.74, 6) is -1.23. The summed E-state index contributed by atoms with van der Waals surface area (Å²) in [5, 5.41) is -0.485. The van der Waals surface area contributed by atoms with Crippen LogP contribution in [-0.2, 0) is 27.4 Å². The van der Waals surface area contributed by atoms with Gasteiger partial charge in [-0.25, -0.2) is 9.78 Å². The van der Waals surface area contributed by atoms with E-state index in [1.165, 1.54) is 13.2 Å². The molecule has 0 aliphatic heterocycles. The number of methoxy groups -OCH3 is 1. The van der Waals surface area contributed by atoms with Crippen LogP contribution in [0.15, 0.2) is 59.4 Å². The number of rotatable bonds is 6. The van der Waals surface area contributed by atoms with Crippen molar-refractivity contribution in [2.24, 2.45) is 0 Å². The minimum absolute atomic E-state index is 0.0497. The van der Waals surface area contributed by atoms with E-state index in [-0.39, 0.29) is 28.2 Å². The Bertz CT molecular complexity index is 1150. The Morgan fingerprint density at radius 1 is 1.03 bits per heavy atom. The number of hydrogen-bond donors (Lipinski definition) is 0. The SMILES string of the molecule is COC(=O)c1cccc(-c2c(Cl)nc(Cl)c(=O)n2CC(=O)OCc2ccccc2)c1. The standard InChI is InChI=1S/C21H16Cl2N2O5/c1-29-21(28)15-9-5-8-14(10-15)17-18(22)24-19(23)20(27)25(17)11-16(26)30-12-13-6-3-2-4-7-13/h2-10H,11-12H2,1H3. The van der Waals surface area contributed by atoms with Crippen molar-refractivity contribution in [2.75, 3.05) is 7.11 Å². The third kappa shape index (κ3) is 4.87. The van der Waals surface area contributed by atoms with Crippen LogP contribution < -0.4 is 5.56 Å². The van der Waals surface area contributed by atoms with Gasteiger partial charge in [0.1, 0.15) is 13.2 Å². The summed E-state index contributed by atoms with van der Waals surface area (Å²) in [6.45, 7) is -0.389. The zero-order valence-electron chi connectivity index (χ0n) is 15.8. The van der Waals surface area contributed by atoms with Crippen LogP contribution in [0, 0.1) is 0 Å². The van der Waals surface area contributed by atoms with Crippen LogP contribution in [0.1, 0.15) is 15.9 Å². The van der Waals surface area contributed by atoms with Crippen molar-refractivity contribution in [3.05, 3.63) is 86.4 Å². The Hall–Kier alpha value is -3.16. The summed E-state index contributed by atoms with van der Waals surface area (Å²) >= 11 is 12.1. The van der Waals surface area contributed by atoms with Gasteiger partial charge in [-0.05, 0) is 17.7 Å². The van der Waals surface area contributed by atoms with Crippen molar-refractivity contribution in [1.82, 2.24) is 9.55 Å². The Morgan fingerprint density at radius 2 is 1.77 bits per heavy atom. The molecule has 0 aliphatic carbocycles. The van der Waals surface area contributed by atoms with Gasteiger partial charge in [0.2, 0.25) is 0 Å². The number of halogens is 2. The summed E-state index contributed by atoms with van der Waals surface area (Å²) in [5.41, 5.74) is 0.853. The van der Waals surface area contributed by atoms with Crippen LogP contribution in [0.5, 0.6) is 0 Å². The maximum absolute atomic E-state index is 12.6. The summed E-state index contributed by atoms with van der Waals surface area (Å²) < 4.78 is 11.0. The summed E-state index contributed by atoms with van der Waals surface area (Å²) in [4.78, 5) is 40.7. The average molecular weight is 447 g/mol. The number of esters is 2. The second kappa shape index (κ2) is 9.56. The number of benzene rings is 2. The van der Waals surface area contributed by atoms with Gasteiger partial charge in [0.05, 0.1) is 18.4 Å². The van der Waals surface area contributed by atoms with Crippen molar-refractivity contribution in [3.63, 3.8) is 0 Å². The highest BCUT2D eigenvalue weighted by Gasteiger charge is 2.20.